The van der Waals surface area contributed by atoms with Crippen molar-refractivity contribution >= 4 is 5.97 Å². The summed E-state index contributed by atoms with van der Waals surface area (Å²) in [6, 6.07) is 0.777. The fraction of sp³-hybridized carbons (Fsp3) is 0.300. The van der Waals surface area contributed by atoms with E-state index >= 15 is 0 Å². The number of carboxylic acid groups (broad SMARTS) is 1. The second-order valence-electron chi connectivity index (χ2n) is 2.96. The molecule has 1 atom stereocenters. The average molecular weight is 234 g/mol. The van der Waals surface area contributed by atoms with Gasteiger partial charge in [0.05, 0.1) is 0 Å². The molecule has 1 N–H and O–H groups in total. The van der Waals surface area contributed by atoms with Crippen molar-refractivity contribution in [2.24, 2.45) is 0 Å². The molecule has 0 amide bonds. The molecule has 0 aromatic heterocycles. The number of halogens is 3. The molecule has 0 aliphatic rings. The van der Waals surface area contributed by atoms with E-state index in [4.69, 9.17) is 9.84 Å². The number of carbonyl (C=O) groups is 1. The Labute approximate surface area is 89.5 Å². The van der Waals surface area contributed by atoms with Crippen molar-refractivity contribution in [2.45, 2.75) is 13.0 Å². The molecule has 16 heavy (non-hydrogen) atoms. The molecule has 0 heterocycles. The Hall–Kier alpha value is -1.56. The van der Waals surface area contributed by atoms with Gasteiger partial charge in [0, 0.05) is 18.2 Å². The molecule has 1 aromatic carbocycles. The van der Waals surface area contributed by atoms with Crippen molar-refractivity contribution in [2.75, 3.05) is 6.61 Å². The molecule has 0 saturated carbocycles. The molecule has 6 heteroatoms. The second kappa shape index (κ2) is 4.98. The predicted molar refractivity (Wildman–Crippen MR) is 48.3 cm³/mol. The molecule has 0 radical (unpaired) electrons. The first kappa shape index (κ1) is 12.5. The van der Waals surface area contributed by atoms with Gasteiger partial charge in [0.15, 0.2) is 17.7 Å². The fourth-order valence-corrected chi connectivity index (χ4v) is 1.20. The summed E-state index contributed by atoms with van der Waals surface area (Å²) in [5, 5.41) is 8.73. The highest BCUT2D eigenvalue weighted by Gasteiger charge is 2.25. The maximum atomic E-state index is 13.2. The summed E-state index contributed by atoms with van der Waals surface area (Å²) in [4.78, 5) is 10.7. The van der Waals surface area contributed by atoms with Gasteiger partial charge in [-0.05, 0) is 13.0 Å². The summed E-state index contributed by atoms with van der Waals surface area (Å²) >= 11 is 0. The molecule has 0 aliphatic carbocycles. The molecular formula is C10H9F3O3. The van der Waals surface area contributed by atoms with E-state index in [1.54, 1.807) is 0 Å². The lowest BCUT2D eigenvalue weighted by Gasteiger charge is -2.13. The number of hydrogen-bond donors (Lipinski definition) is 1. The second-order valence-corrected chi connectivity index (χ2v) is 2.96. The third-order valence-electron chi connectivity index (χ3n) is 1.88. The quantitative estimate of drug-likeness (QED) is 0.813. The van der Waals surface area contributed by atoms with E-state index in [0.29, 0.717) is 12.1 Å². The topological polar surface area (TPSA) is 46.5 Å². The van der Waals surface area contributed by atoms with Gasteiger partial charge in [0.2, 0.25) is 0 Å². The third kappa shape index (κ3) is 2.52. The summed E-state index contributed by atoms with van der Waals surface area (Å²) < 4.78 is 43.4. The molecule has 0 unspecified atom stereocenters. The minimum atomic E-state index is -1.64. The van der Waals surface area contributed by atoms with E-state index in [-0.39, 0.29) is 6.61 Å². The van der Waals surface area contributed by atoms with Crippen molar-refractivity contribution in [1.82, 2.24) is 0 Å². The van der Waals surface area contributed by atoms with Crippen LogP contribution in [0.4, 0.5) is 13.2 Å². The highest BCUT2D eigenvalue weighted by molar-refractivity contribution is 5.74. The van der Waals surface area contributed by atoms with Crippen LogP contribution < -0.4 is 0 Å². The van der Waals surface area contributed by atoms with Crippen LogP contribution in [-0.4, -0.2) is 17.7 Å². The van der Waals surface area contributed by atoms with Crippen molar-refractivity contribution in [3.8, 4) is 0 Å². The minimum Gasteiger partial charge on any atom is -0.479 e. The van der Waals surface area contributed by atoms with E-state index in [9.17, 15) is 18.0 Å². The molecule has 0 bridgehead atoms. The molecule has 88 valence electrons. The largest absolute Gasteiger partial charge is 0.479 e. The summed E-state index contributed by atoms with van der Waals surface area (Å²) in [6.07, 6.45) is -1.64. The van der Waals surface area contributed by atoms with E-state index in [1.807, 2.05) is 0 Å². The molecule has 1 rings (SSSR count). The number of rotatable bonds is 4. The normalized spacial score (nSPS) is 12.5. The highest BCUT2D eigenvalue weighted by Crippen LogP contribution is 2.23. The molecule has 0 spiro atoms. The molecule has 0 fully saturated rings. The lowest BCUT2D eigenvalue weighted by atomic mass is 10.1. The Balaban J connectivity index is 3.18. The number of aliphatic carboxylic acids is 1. The van der Waals surface area contributed by atoms with Crippen LogP contribution in [-0.2, 0) is 9.53 Å². The Morgan fingerprint density at radius 1 is 1.31 bits per heavy atom. The van der Waals surface area contributed by atoms with Crippen molar-refractivity contribution in [1.29, 1.82) is 0 Å². The van der Waals surface area contributed by atoms with Crippen LogP contribution >= 0.6 is 0 Å². The van der Waals surface area contributed by atoms with Gasteiger partial charge in [-0.1, -0.05) is 0 Å². The van der Waals surface area contributed by atoms with Crippen LogP contribution in [0, 0.1) is 17.5 Å². The Morgan fingerprint density at radius 3 is 2.38 bits per heavy atom. The van der Waals surface area contributed by atoms with Crippen molar-refractivity contribution < 1.29 is 27.8 Å². The zero-order valence-corrected chi connectivity index (χ0v) is 8.34. The van der Waals surface area contributed by atoms with E-state index in [0.717, 1.165) is 0 Å². The van der Waals surface area contributed by atoms with Gasteiger partial charge in [-0.15, -0.1) is 0 Å². The van der Waals surface area contributed by atoms with Gasteiger partial charge in [-0.2, -0.15) is 0 Å². The van der Waals surface area contributed by atoms with Crippen molar-refractivity contribution in [3.63, 3.8) is 0 Å². The first-order chi connectivity index (χ1) is 7.47. The molecule has 3 nitrogen and oxygen atoms in total. The van der Waals surface area contributed by atoms with E-state index < -0.39 is 35.1 Å². The van der Waals surface area contributed by atoms with Gasteiger partial charge in [0.1, 0.15) is 5.82 Å². The average Bonchev–Trinajstić information content (AvgIpc) is 2.20. The summed E-state index contributed by atoms with van der Waals surface area (Å²) in [5.41, 5.74) is -0.534. The maximum Gasteiger partial charge on any atom is 0.337 e. The van der Waals surface area contributed by atoms with Crippen molar-refractivity contribution in [3.05, 3.63) is 35.1 Å². The first-order valence-corrected chi connectivity index (χ1v) is 4.46. The van der Waals surface area contributed by atoms with Crippen LogP contribution in [0.15, 0.2) is 12.1 Å². The smallest absolute Gasteiger partial charge is 0.337 e. The maximum absolute atomic E-state index is 13.2. The van der Waals surface area contributed by atoms with Crippen LogP contribution in [0.25, 0.3) is 0 Å². The number of ether oxygens (including phenoxy) is 1. The van der Waals surface area contributed by atoms with Crippen LogP contribution in [0.1, 0.15) is 18.6 Å². The zero-order valence-electron chi connectivity index (χ0n) is 8.34. The highest BCUT2D eigenvalue weighted by atomic mass is 19.2. The number of benzene rings is 1. The zero-order chi connectivity index (χ0) is 12.3. The first-order valence-electron chi connectivity index (χ1n) is 4.46. The van der Waals surface area contributed by atoms with Gasteiger partial charge < -0.3 is 9.84 Å². The van der Waals surface area contributed by atoms with E-state index in [1.165, 1.54) is 6.92 Å². The third-order valence-corrected chi connectivity index (χ3v) is 1.88. The lowest BCUT2D eigenvalue weighted by molar-refractivity contribution is -0.150. The van der Waals surface area contributed by atoms with Crippen LogP contribution in [0.3, 0.4) is 0 Å². The summed E-state index contributed by atoms with van der Waals surface area (Å²) in [7, 11) is 0. The Bertz CT molecular complexity index is 407. The minimum absolute atomic E-state index is 0.00933. The Kier molecular flexibility index (Phi) is 3.89. The Morgan fingerprint density at radius 2 is 1.88 bits per heavy atom. The number of carboxylic acids is 1. The lowest BCUT2D eigenvalue weighted by Crippen LogP contribution is -2.17. The van der Waals surface area contributed by atoms with Gasteiger partial charge in [-0.3, -0.25) is 0 Å². The molecule has 0 saturated heterocycles. The molecule has 0 aliphatic heterocycles. The standard InChI is InChI=1S/C10H9F3O3/c1-2-16-9(10(14)15)5-3-7(12)8(13)4-6(5)11/h3-4,9H,2H2,1H3,(H,14,15)/t9-/m1/s1. The summed E-state index contributed by atoms with van der Waals surface area (Å²) in [6.45, 7) is 1.52. The fourth-order valence-electron chi connectivity index (χ4n) is 1.20. The van der Waals surface area contributed by atoms with E-state index in [2.05, 4.69) is 0 Å². The monoisotopic (exact) mass is 234 g/mol. The molecular weight excluding hydrogens is 225 g/mol. The predicted octanol–water partition coefficient (Wildman–Crippen LogP) is 2.27. The van der Waals surface area contributed by atoms with Crippen LogP contribution in [0.2, 0.25) is 0 Å². The SMILES string of the molecule is CCO[C@@H](C(=O)O)c1cc(F)c(F)cc1F. The van der Waals surface area contributed by atoms with Gasteiger partial charge in [-0.25, -0.2) is 18.0 Å². The van der Waals surface area contributed by atoms with Gasteiger partial charge in [0.25, 0.3) is 0 Å². The van der Waals surface area contributed by atoms with Gasteiger partial charge >= 0.3 is 5.97 Å². The number of hydrogen-bond acceptors (Lipinski definition) is 2. The van der Waals surface area contributed by atoms with Crippen LogP contribution in [0.5, 0.6) is 0 Å². The molecule has 1 aromatic rings. The summed E-state index contributed by atoms with van der Waals surface area (Å²) in [5.74, 6) is -5.31.